The number of carbonyl (C=O) groups excluding carboxylic acids is 2. The zero-order valence-corrected chi connectivity index (χ0v) is 16.6. The number of benzene rings is 2. The second kappa shape index (κ2) is 8.87. The van der Waals surface area contributed by atoms with Crippen LogP contribution in [0.3, 0.4) is 0 Å². The number of hydrogen-bond acceptors (Lipinski definition) is 3. The predicted molar refractivity (Wildman–Crippen MR) is 111 cm³/mol. The van der Waals surface area contributed by atoms with Gasteiger partial charge in [-0.05, 0) is 37.4 Å². The van der Waals surface area contributed by atoms with E-state index in [1.165, 1.54) is 6.07 Å². The van der Waals surface area contributed by atoms with Crippen LogP contribution in [0.2, 0.25) is 0 Å². The van der Waals surface area contributed by atoms with Gasteiger partial charge in [-0.1, -0.05) is 42.5 Å². The summed E-state index contributed by atoms with van der Waals surface area (Å²) in [6, 6.07) is 14.2. The SMILES string of the molecule is O=C(c1ccc(-c2ccccc2)c(F)c1)[C@H]1CCCN(CCN2CCCC2=O)C1. The van der Waals surface area contributed by atoms with E-state index in [1.807, 2.05) is 35.2 Å². The van der Waals surface area contributed by atoms with E-state index in [4.69, 9.17) is 0 Å². The van der Waals surface area contributed by atoms with Crippen molar-refractivity contribution < 1.29 is 14.0 Å². The minimum atomic E-state index is -0.359. The van der Waals surface area contributed by atoms with Crippen molar-refractivity contribution in [2.45, 2.75) is 25.7 Å². The van der Waals surface area contributed by atoms with E-state index in [0.29, 0.717) is 24.1 Å². The minimum absolute atomic E-state index is 0.0189. The topological polar surface area (TPSA) is 40.6 Å². The lowest BCUT2D eigenvalue weighted by Crippen LogP contribution is -2.43. The molecule has 4 nitrogen and oxygen atoms in total. The molecule has 0 unspecified atom stereocenters. The predicted octanol–water partition coefficient (Wildman–Crippen LogP) is 4.01. The fourth-order valence-electron chi connectivity index (χ4n) is 4.43. The number of ketones is 1. The third kappa shape index (κ3) is 4.56. The average Bonchev–Trinajstić information content (AvgIpc) is 3.17. The van der Waals surface area contributed by atoms with Crippen LogP contribution in [0.15, 0.2) is 48.5 Å². The maximum atomic E-state index is 14.7. The number of piperidine rings is 1. The Morgan fingerprint density at radius 1 is 1.03 bits per heavy atom. The molecule has 0 aliphatic carbocycles. The number of hydrogen-bond donors (Lipinski definition) is 0. The summed E-state index contributed by atoms with van der Waals surface area (Å²) in [5, 5.41) is 0. The maximum Gasteiger partial charge on any atom is 0.222 e. The number of likely N-dealkylation sites (tertiary alicyclic amines) is 2. The van der Waals surface area contributed by atoms with Crippen molar-refractivity contribution in [1.82, 2.24) is 9.80 Å². The Kier molecular flexibility index (Phi) is 6.05. The first kappa shape index (κ1) is 19.8. The minimum Gasteiger partial charge on any atom is -0.341 e. The lowest BCUT2D eigenvalue weighted by atomic mass is 9.89. The van der Waals surface area contributed by atoms with Gasteiger partial charge in [0.1, 0.15) is 5.82 Å². The van der Waals surface area contributed by atoms with Gasteiger partial charge in [0.25, 0.3) is 0 Å². The van der Waals surface area contributed by atoms with Crippen LogP contribution in [0.5, 0.6) is 0 Å². The molecular weight excluding hydrogens is 367 g/mol. The van der Waals surface area contributed by atoms with Crippen LogP contribution in [0.25, 0.3) is 11.1 Å². The molecule has 4 rings (SSSR count). The molecule has 0 spiro atoms. The molecule has 2 heterocycles. The smallest absolute Gasteiger partial charge is 0.222 e. The van der Waals surface area contributed by atoms with Crippen LogP contribution in [-0.4, -0.2) is 54.2 Å². The fourth-order valence-corrected chi connectivity index (χ4v) is 4.43. The fraction of sp³-hybridized carbons (Fsp3) is 0.417. The van der Waals surface area contributed by atoms with Crippen molar-refractivity contribution in [1.29, 1.82) is 0 Å². The average molecular weight is 394 g/mol. The van der Waals surface area contributed by atoms with Crippen molar-refractivity contribution in [2.24, 2.45) is 5.92 Å². The molecule has 1 atom stereocenters. The van der Waals surface area contributed by atoms with Crippen LogP contribution in [0.1, 0.15) is 36.0 Å². The van der Waals surface area contributed by atoms with Crippen LogP contribution in [0, 0.1) is 11.7 Å². The third-order valence-corrected chi connectivity index (χ3v) is 6.07. The summed E-state index contributed by atoms with van der Waals surface area (Å²) < 4.78 is 14.7. The zero-order valence-electron chi connectivity index (χ0n) is 16.6. The van der Waals surface area contributed by atoms with Gasteiger partial charge >= 0.3 is 0 Å². The second-order valence-electron chi connectivity index (χ2n) is 8.05. The Balaban J connectivity index is 1.39. The molecule has 0 bridgehead atoms. The summed E-state index contributed by atoms with van der Waals surface area (Å²) in [4.78, 5) is 29.0. The van der Waals surface area contributed by atoms with Crippen molar-refractivity contribution in [3.05, 3.63) is 59.9 Å². The highest BCUT2D eigenvalue weighted by molar-refractivity contribution is 5.98. The van der Waals surface area contributed by atoms with Gasteiger partial charge in [-0.15, -0.1) is 0 Å². The van der Waals surface area contributed by atoms with Crippen LogP contribution in [0.4, 0.5) is 4.39 Å². The van der Waals surface area contributed by atoms with E-state index < -0.39 is 0 Å². The van der Waals surface area contributed by atoms with Crippen molar-refractivity contribution >= 4 is 11.7 Å². The highest BCUT2D eigenvalue weighted by atomic mass is 19.1. The van der Waals surface area contributed by atoms with E-state index in [-0.39, 0.29) is 23.4 Å². The Bertz CT molecular complexity index is 884. The molecule has 2 aliphatic heterocycles. The van der Waals surface area contributed by atoms with Gasteiger partial charge in [0.05, 0.1) is 0 Å². The Morgan fingerprint density at radius 2 is 1.86 bits per heavy atom. The van der Waals surface area contributed by atoms with Gasteiger partial charge in [0.15, 0.2) is 5.78 Å². The molecule has 1 amide bonds. The normalized spacial score (nSPS) is 20.2. The molecule has 0 saturated carbocycles. The molecule has 0 radical (unpaired) electrons. The van der Waals surface area contributed by atoms with Gasteiger partial charge in [0, 0.05) is 49.6 Å². The van der Waals surface area contributed by atoms with E-state index in [9.17, 15) is 14.0 Å². The third-order valence-electron chi connectivity index (χ3n) is 6.07. The molecule has 5 heteroatoms. The second-order valence-corrected chi connectivity index (χ2v) is 8.05. The highest BCUT2D eigenvalue weighted by Crippen LogP contribution is 2.26. The lowest BCUT2D eigenvalue weighted by Gasteiger charge is -2.33. The van der Waals surface area contributed by atoms with Crippen LogP contribution < -0.4 is 0 Å². The summed E-state index contributed by atoms with van der Waals surface area (Å²) in [5.41, 5.74) is 1.77. The largest absolute Gasteiger partial charge is 0.341 e. The molecule has 2 aromatic rings. The molecule has 2 saturated heterocycles. The van der Waals surface area contributed by atoms with Gasteiger partial charge in [-0.2, -0.15) is 0 Å². The van der Waals surface area contributed by atoms with E-state index in [2.05, 4.69) is 4.90 Å². The van der Waals surface area contributed by atoms with Crippen molar-refractivity contribution in [2.75, 3.05) is 32.7 Å². The first-order valence-electron chi connectivity index (χ1n) is 10.5. The molecule has 2 fully saturated rings. The van der Waals surface area contributed by atoms with Gasteiger partial charge in [0.2, 0.25) is 5.91 Å². The molecule has 2 aliphatic rings. The Morgan fingerprint density at radius 3 is 2.59 bits per heavy atom. The lowest BCUT2D eigenvalue weighted by molar-refractivity contribution is -0.127. The number of Topliss-reactive ketones (excluding diaryl/α,β-unsaturated/α-hetero) is 1. The number of halogens is 1. The molecule has 0 aromatic heterocycles. The van der Waals surface area contributed by atoms with Crippen molar-refractivity contribution in [3.8, 4) is 11.1 Å². The van der Waals surface area contributed by atoms with Gasteiger partial charge < -0.3 is 9.80 Å². The highest BCUT2D eigenvalue weighted by Gasteiger charge is 2.28. The molecule has 29 heavy (non-hydrogen) atoms. The summed E-state index contributed by atoms with van der Waals surface area (Å²) >= 11 is 0. The molecule has 2 aromatic carbocycles. The van der Waals surface area contributed by atoms with E-state index in [0.717, 1.165) is 51.0 Å². The summed E-state index contributed by atoms with van der Waals surface area (Å²) in [7, 11) is 0. The van der Waals surface area contributed by atoms with Crippen LogP contribution in [-0.2, 0) is 4.79 Å². The number of nitrogens with zero attached hydrogens (tertiary/aromatic N) is 2. The molecule has 0 N–H and O–H groups in total. The van der Waals surface area contributed by atoms with Gasteiger partial charge in [-0.25, -0.2) is 4.39 Å². The quantitative estimate of drug-likeness (QED) is 0.695. The number of carbonyl (C=O) groups is 2. The summed E-state index contributed by atoms with van der Waals surface area (Å²) in [6.07, 6.45) is 3.39. The Labute approximate surface area is 171 Å². The monoisotopic (exact) mass is 394 g/mol. The maximum absolute atomic E-state index is 14.7. The number of amides is 1. The Hall–Kier alpha value is -2.53. The molecule has 152 valence electrons. The summed E-state index contributed by atoms with van der Waals surface area (Å²) in [6.45, 7) is 4.02. The standard InChI is InChI=1S/C24H27FN2O2/c25-22-16-19(10-11-21(22)18-6-2-1-3-7-18)24(29)20-8-4-12-26(17-20)14-15-27-13-5-9-23(27)28/h1-3,6-7,10-11,16,20H,4-5,8-9,12-15,17H2/t20-/m0/s1. The zero-order chi connectivity index (χ0) is 20.2. The van der Waals surface area contributed by atoms with E-state index in [1.54, 1.807) is 12.1 Å². The number of rotatable bonds is 6. The first-order chi connectivity index (χ1) is 14.1. The molecular formula is C24H27FN2O2. The van der Waals surface area contributed by atoms with Gasteiger partial charge in [-0.3, -0.25) is 9.59 Å². The summed E-state index contributed by atoms with van der Waals surface area (Å²) in [5.74, 6) is -0.212. The van der Waals surface area contributed by atoms with Crippen molar-refractivity contribution in [3.63, 3.8) is 0 Å². The van der Waals surface area contributed by atoms with E-state index >= 15 is 0 Å². The van der Waals surface area contributed by atoms with Crippen LogP contribution >= 0.6 is 0 Å². The first-order valence-corrected chi connectivity index (χ1v) is 10.5.